The molecule has 0 aromatic heterocycles. The van der Waals surface area contributed by atoms with Crippen molar-refractivity contribution in [2.24, 2.45) is 5.73 Å². The van der Waals surface area contributed by atoms with Crippen molar-refractivity contribution < 1.29 is 38.1 Å². The molecule has 0 aliphatic heterocycles. The van der Waals surface area contributed by atoms with Gasteiger partial charge in [0.2, 0.25) is 0 Å². The van der Waals surface area contributed by atoms with E-state index < -0.39 is 29.7 Å². The van der Waals surface area contributed by atoms with Gasteiger partial charge in [-0.3, -0.25) is 4.79 Å². The summed E-state index contributed by atoms with van der Waals surface area (Å²) in [5.41, 5.74) is 4.68. The molecule has 0 saturated carbocycles. The number of alkyl carbamates (subject to hydrolysis) is 1. The number of halogens is 1. The SMILES string of the molecule is C=CCOCCCOC(=O)[C@H](C)N.C=CCOCCCOC(=O)[C@H](C)NC(=O)OC(C)(C)C.Cl. The predicted molar refractivity (Wildman–Crippen MR) is 133 cm³/mol. The first kappa shape index (κ1) is 36.4. The number of hydrogen-bond acceptors (Lipinski definition) is 9. The summed E-state index contributed by atoms with van der Waals surface area (Å²) in [6, 6.07) is -1.30. The fraction of sp³-hybridized carbons (Fsp3) is 0.696. The van der Waals surface area contributed by atoms with Crippen LogP contribution in [0.15, 0.2) is 25.3 Å². The molecule has 0 spiro atoms. The number of amides is 1. The lowest BCUT2D eigenvalue weighted by Gasteiger charge is -2.21. The molecule has 0 aromatic carbocycles. The van der Waals surface area contributed by atoms with Crippen molar-refractivity contribution in [3.05, 3.63) is 25.3 Å². The third-order valence-electron chi connectivity index (χ3n) is 3.28. The van der Waals surface area contributed by atoms with Gasteiger partial charge in [0.25, 0.3) is 0 Å². The molecule has 11 heteroatoms. The topological polar surface area (TPSA) is 135 Å². The largest absolute Gasteiger partial charge is 0.464 e. The Kier molecular flexibility index (Phi) is 24.3. The van der Waals surface area contributed by atoms with Gasteiger partial charge in [-0.2, -0.15) is 0 Å². The highest BCUT2D eigenvalue weighted by molar-refractivity contribution is 5.85. The fourth-order valence-corrected chi connectivity index (χ4v) is 1.80. The maximum atomic E-state index is 11.6. The standard InChI is InChI=1S/C14H25NO5.C9H17NO3.ClH/c1-6-8-18-9-7-10-19-12(16)11(2)15-13(17)20-14(3,4)5;1-3-5-12-6-4-7-13-9(11)8(2)10;/h6,11H,1,7-10H2,2-5H3,(H,15,17);3,8H,1,4-7,10H2,2H3;1H/t11-;8-;/m00./s1. The zero-order valence-corrected chi connectivity index (χ0v) is 21.9. The second kappa shape index (κ2) is 22.6. The number of nitrogens with two attached hydrogens (primary N) is 1. The van der Waals surface area contributed by atoms with E-state index in [1.54, 1.807) is 46.8 Å². The van der Waals surface area contributed by atoms with E-state index in [4.69, 9.17) is 29.4 Å². The van der Waals surface area contributed by atoms with E-state index in [0.29, 0.717) is 45.9 Å². The van der Waals surface area contributed by atoms with Gasteiger partial charge in [0, 0.05) is 12.8 Å². The van der Waals surface area contributed by atoms with E-state index in [1.165, 1.54) is 0 Å². The Balaban J connectivity index is -0.000000598. The van der Waals surface area contributed by atoms with Crippen molar-refractivity contribution in [1.82, 2.24) is 5.32 Å². The molecule has 34 heavy (non-hydrogen) atoms. The van der Waals surface area contributed by atoms with Crippen molar-refractivity contribution in [3.63, 3.8) is 0 Å². The lowest BCUT2D eigenvalue weighted by atomic mass is 10.2. The Labute approximate surface area is 209 Å². The predicted octanol–water partition coefficient (Wildman–Crippen LogP) is 2.93. The van der Waals surface area contributed by atoms with E-state index in [9.17, 15) is 14.4 Å². The summed E-state index contributed by atoms with van der Waals surface area (Å²) in [5.74, 6) is -0.872. The van der Waals surface area contributed by atoms with E-state index in [0.717, 1.165) is 0 Å². The number of ether oxygens (including phenoxy) is 5. The molecule has 0 radical (unpaired) electrons. The average Bonchev–Trinajstić information content (AvgIpc) is 2.71. The van der Waals surface area contributed by atoms with E-state index in [1.807, 2.05) is 0 Å². The minimum atomic E-state index is -0.751. The highest BCUT2D eigenvalue weighted by Gasteiger charge is 2.21. The van der Waals surface area contributed by atoms with Crippen LogP contribution in [0, 0.1) is 0 Å². The Hall–Kier alpha value is -2.14. The Morgan fingerprint density at radius 2 is 1.32 bits per heavy atom. The Morgan fingerprint density at radius 1 is 0.882 bits per heavy atom. The van der Waals surface area contributed by atoms with Crippen LogP contribution < -0.4 is 11.1 Å². The van der Waals surface area contributed by atoms with Crippen molar-refractivity contribution in [2.45, 2.75) is 65.1 Å². The van der Waals surface area contributed by atoms with Gasteiger partial charge in [-0.1, -0.05) is 12.2 Å². The van der Waals surface area contributed by atoms with Gasteiger partial charge in [0.15, 0.2) is 0 Å². The van der Waals surface area contributed by atoms with Crippen LogP contribution in [-0.2, 0) is 33.3 Å². The molecule has 0 unspecified atom stereocenters. The molecule has 10 nitrogen and oxygen atoms in total. The maximum Gasteiger partial charge on any atom is 0.408 e. The monoisotopic (exact) mass is 510 g/mol. The van der Waals surface area contributed by atoms with Crippen LogP contribution in [0.3, 0.4) is 0 Å². The third kappa shape index (κ3) is 26.1. The van der Waals surface area contributed by atoms with Gasteiger partial charge >= 0.3 is 18.0 Å². The molecule has 0 bridgehead atoms. The molecule has 0 aromatic rings. The molecular formula is C23H43ClN2O8. The quantitative estimate of drug-likeness (QED) is 0.147. The van der Waals surface area contributed by atoms with E-state index in [-0.39, 0.29) is 25.0 Å². The number of hydrogen-bond donors (Lipinski definition) is 2. The van der Waals surface area contributed by atoms with Gasteiger partial charge in [-0.25, -0.2) is 9.59 Å². The summed E-state index contributed by atoms with van der Waals surface area (Å²) in [4.78, 5) is 33.9. The molecular weight excluding hydrogens is 468 g/mol. The van der Waals surface area contributed by atoms with Crippen LogP contribution in [0.25, 0.3) is 0 Å². The summed E-state index contributed by atoms with van der Waals surface area (Å²) in [6.45, 7) is 18.1. The highest BCUT2D eigenvalue weighted by Crippen LogP contribution is 2.06. The van der Waals surface area contributed by atoms with Crippen molar-refractivity contribution in [3.8, 4) is 0 Å². The van der Waals surface area contributed by atoms with E-state index >= 15 is 0 Å². The molecule has 0 heterocycles. The molecule has 200 valence electrons. The Bertz CT molecular complexity index is 580. The third-order valence-corrected chi connectivity index (χ3v) is 3.28. The van der Waals surface area contributed by atoms with Gasteiger partial charge in [0.05, 0.1) is 39.6 Å². The van der Waals surface area contributed by atoms with Gasteiger partial charge in [0.1, 0.15) is 17.7 Å². The van der Waals surface area contributed by atoms with Crippen molar-refractivity contribution in [1.29, 1.82) is 0 Å². The number of carbonyl (C=O) groups excluding carboxylic acids is 3. The van der Waals surface area contributed by atoms with Crippen LogP contribution in [0.5, 0.6) is 0 Å². The molecule has 3 N–H and O–H groups in total. The summed E-state index contributed by atoms with van der Waals surface area (Å²) in [6.07, 6.45) is 3.97. The second-order valence-corrected chi connectivity index (χ2v) is 7.93. The zero-order chi connectivity index (χ0) is 25.7. The number of nitrogens with one attached hydrogen (secondary N) is 1. The summed E-state index contributed by atoms with van der Waals surface area (Å²) in [5, 5.41) is 2.42. The summed E-state index contributed by atoms with van der Waals surface area (Å²) >= 11 is 0. The number of carbonyl (C=O) groups is 3. The lowest BCUT2D eigenvalue weighted by molar-refractivity contribution is -0.146. The molecule has 0 aliphatic rings. The average molecular weight is 511 g/mol. The number of esters is 2. The van der Waals surface area contributed by atoms with Gasteiger partial charge in [-0.05, 0) is 34.6 Å². The smallest absolute Gasteiger partial charge is 0.408 e. The second-order valence-electron chi connectivity index (χ2n) is 7.93. The van der Waals surface area contributed by atoms with E-state index in [2.05, 4.69) is 18.5 Å². The fourth-order valence-electron chi connectivity index (χ4n) is 1.80. The first-order valence-electron chi connectivity index (χ1n) is 10.9. The normalized spacial score (nSPS) is 11.9. The van der Waals surface area contributed by atoms with Crippen LogP contribution in [-0.4, -0.2) is 75.4 Å². The first-order valence-corrected chi connectivity index (χ1v) is 10.9. The van der Waals surface area contributed by atoms with Crippen LogP contribution in [0.4, 0.5) is 4.79 Å². The highest BCUT2D eigenvalue weighted by atomic mass is 35.5. The van der Waals surface area contributed by atoms with Crippen LogP contribution in [0.1, 0.15) is 47.5 Å². The molecule has 0 saturated heterocycles. The molecule has 2 atom stereocenters. The lowest BCUT2D eigenvalue weighted by Crippen LogP contribution is -2.42. The van der Waals surface area contributed by atoms with Crippen LogP contribution >= 0.6 is 12.4 Å². The maximum absolute atomic E-state index is 11.6. The minimum absolute atomic E-state index is 0. The molecule has 0 rings (SSSR count). The molecule has 0 aliphatic carbocycles. The first-order chi connectivity index (χ1) is 15.4. The van der Waals surface area contributed by atoms with Gasteiger partial charge < -0.3 is 34.7 Å². The summed E-state index contributed by atoms with van der Waals surface area (Å²) in [7, 11) is 0. The van der Waals surface area contributed by atoms with Gasteiger partial charge in [-0.15, -0.1) is 25.6 Å². The van der Waals surface area contributed by atoms with Crippen LogP contribution in [0.2, 0.25) is 0 Å². The molecule has 1 amide bonds. The van der Waals surface area contributed by atoms with Crippen molar-refractivity contribution in [2.75, 3.05) is 39.6 Å². The Morgan fingerprint density at radius 3 is 1.71 bits per heavy atom. The number of rotatable bonds is 15. The van der Waals surface area contributed by atoms with Crippen molar-refractivity contribution >= 4 is 30.4 Å². The molecule has 0 fully saturated rings. The zero-order valence-electron chi connectivity index (χ0n) is 21.1. The summed E-state index contributed by atoms with van der Waals surface area (Å²) < 4.78 is 25.1. The minimum Gasteiger partial charge on any atom is -0.464 e.